The topological polar surface area (TPSA) is 184 Å². The van der Waals surface area contributed by atoms with E-state index in [1.807, 2.05) is 34.6 Å². The van der Waals surface area contributed by atoms with E-state index in [9.17, 15) is 30.6 Å². The lowest BCUT2D eigenvalue weighted by Crippen LogP contribution is -2.64. The van der Waals surface area contributed by atoms with Gasteiger partial charge in [-0.3, -0.25) is 9.97 Å². The molecule has 20 atom stereocenters. The minimum atomic E-state index is -1.50. The van der Waals surface area contributed by atoms with E-state index in [1.54, 1.807) is 6.92 Å². The van der Waals surface area contributed by atoms with Crippen LogP contribution in [0.5, 0.6) is 5.75 Å². The van der Waals surface area contributed by atoms with Crippen LogP contribution in [-0.2, 0) is 51.7 Å². The zero-order valence-corrected chi connectivity index (χ0v) is 40.4. The van der Waals surface area contributed by atoms with Crippen molar-refractivity contribution in [2.24, 2.45) is 52.3 Å². The van der Waals surface area contributed by atoms with Gasteiger partial charge in [-0.25, -0.2) is 0 Å². The predicted molar refractivity (Wildman–Crippen MR) is 241 cm³/mol. The van der Waals surface area contributed by atoms with Crippen LogP contribution in [0, 0.1) is 52.3 Å². The van der Waals surface area contributed by atoms with Crippen LogP contribution in [0.2, 0.25) is 0 Å². The van der Waals surface area contributed by atoms with Gasteiger partial charge in [-0.2, -0.15) is 0 Å². The first-order valence-corrected chi connectivity index (χ1v) is 25.6. The highest BCUT2D eigenvalue weighted by atomic mass is 16.7. The van der Waals surface area contributed by atoms with Gasteiger partial charge in [-0.15, -0.1) is 0 Å². The van der Waals surface area contributed by atoms with Crippen LogP contribution in [0.25, 0.3) is 0 Å². The Bertz CT molecular complexity index is 2510. The normalized spacial score (nSPS) is 52.9. The monoisotopic (exact) mass is 909 g/mol. The van der Waals surface area contributed by atoms with Crippen LogP contribution in [0.3, 0.4) is 0 Å². The summed E-state index contributed by atoms with van der Waals surface area (Å²) in [7, 11) is 0. The second-order valence-corrected chi connectivity index (χ2v) is 25.4. The molecular weight excluding hydrogens is 837 g/mol. The Balaban J connectivity index is 0.811. The predicted octanol–water partition coefficient (Wildman–Crippen LogP) is 5.60. The van der Waals surface area contributed by atoms with E-state index in [4.69, 9.17) is 28.9 Å². The Morgan fingerprint density at radius 1 is 0.758 bits per heavy atom. The van der Waals surface area contributed by atoms with E-state index in [2.05, 4.69) is 32.9 Å². The Kier molecular flexibility index (Phi) is 8.61. The average Bonchev–Trinajstić information content (AvgIpc) is 3.94. The maximum atomic E-state index is 12.9. The van der Waals surface area contributed by atoms with E-state index < -0.39 is 70.2 Å². The van der Waals surface area contributed by atoms with Gasteiger partial charge in [-0.05, 0) is 136 Å². The van der Waals surface area contributed by atoms with Crippen molar-refractivity contribution >= 4 is 0 Å². The summed E-state index contributed by atoms with van der Waals surface area (Å²) in [6.45, 7) is 18.5. The molecule has 13 rings (SSSR count). The fourth-order valence-corrected chi connectivity index (χ4v) is 17.9. The van der Waals surface area contributed by atoms with Gasteiger partial charge >= 0.3 is 0 Å². The molecule has 7 aliphatic carbocycles. The molecule has 0 radical (unpaired) electrons. The van der Waals surface area contributed by atoms with Crippen molar-refractivity contribution < 1.29 is 49.6 Å². The van der Waals surface area contributed by atoms with E-state index in [0.29, 0.717) is 24.7 Å². The van der Waals surface area contributed by atoms with Crippen LogP contribution in [0.1, 0.15) is 158 Å². The summed E-state index contributed by atoms with van der Waals surface area (Å²) in [5, 5.41) is 70.7. The molecule has 2 saturated carbocycles. The highest BCUT2D eigenvalue weighted by molar-refractivity contribution is 5.60. The highest BCUT2D eigenvalue weighted by Crippen LogP contribution is 2.71. The number of hydrogen-bond donors (Lipinski definition) is 6. The van der Waals surface area contributed by atoms with Crippen LogP contribution in [0.4, 0.5) is 0 Å². The summed E-state index contributed by atoms with van der Waals surface area (Å²) >= 11 is 0. The van der Waals surface area contributed by atoms with Crippen molar-refractivity contribution in [3.05, 3.63) is 62.7 Å². The van der Waals surface area contributed by atoms with Crippen molar-refractivity contribution in [1.29, 1.82) is 0 Å². The van der Waals surface area contributed by atoms with E-state index in [1.165, 1.54) is 11.1 Å². The number of nitrogens with zero attached hydrogens (tertiary/aromatic N) is 2. The fraction of sp³-hybridized carbons (Fsp3) is 0.778. The van der Waals surface area contributed by atoms with Gasteiger partial charge in [0.05, 0.1) is 52.8 Å². The molecule has 3 saturated heterocycles. The number of aliphatic hydroxyl groups is 6. The van der Waals surface area contributed by atoms with Crippen LogP contribution in [0.15, 0.2) is 17.7 Å². The van der Waals surface area contributed by atoms with Gasteiger partial charge < -0.3 is 49.6 Å². The first kappa shape index (κ1) is 43.5. The number of hydrogen-bond acceptors (Lipinski definition) is 12. The maximum Gasteiger partial charge on any atom is 0.240 e. The molecule has 1 aromatic heterocycles. The number of benzene rings is 1. The van der Waals surface area contributed by atoms with E-state index >= 15 is 0 Å². The summed E-state index contributed by atoms with van der Waals surface area (Å²) in [5.41, 5.74) is 5.79. The molecule has 358 valence electrons. The van der Waals surface area contributed by atoms with Crippen molar-refractivity contribution in [1.82, 2.24) is 9.97 Å². The van der Waals surface area contributed by atoms with Gasteiger partial charge in [0.2, 0.25) is 11.6 Å². The SMILES string of the molecule is CC1C(O)C2(Oc3cc4c(c5c3[C@@H](CC5O)C2C)CCC2Cc3nc5c(nc3C[C@@]42C)CC2CCC3C4=C[C@H]6O[C@@]7(O[C@@](C)(CO)CC7O)C(C)[C@@]6(O)[C@]4(C)[C@@H](O)CC3[C@]2(C)C5)OC1(C)C. The lowest BCUT2D eigenvalue weighted by atomic mass is 9.44. The molecule has 2 spiro atoms. The van der Waals surface area contributed by atoms with Gasteiger partial charge in [-0.1, -0.05) is 53.2 Å². The van der Waals surface area contributed by atoms with Gasteiger partial charge in [0.1, 0.15) is 29.7 Å². The maximum absolute atomic E-state index is 12.9. The zero-order valence-electron chi connectivity index (χ0n) is 40.4. The summed E-state index contributed by atoms with van der Waals surface area (Å²) in [5.74, 6) is -1.71. The molecule has 0 bridgehead atoms. The standard InChI is InChI=1S/C54H72N2O10/c1-24-31-16-39(58)44-30-13-11-28-15-36-37(20-49(28,7)32(30)17-40(45(31)44)63-53(24)46(61)25(2)47(4,5)65-53)55-35-14-27-10-12-29-33(50(27,8)21-38(35)56-36)18-41(59)51(9)34(29)19-43-52(51,62)26(3)54(64-43)42(60)22-48(6,23-57)66-54/h17,19,24-29,31,33,39,41-43,46,57-62H,10-16,18,20-23H2,1-9H3/t24?,25?,26?,27?,28?,29?,31-,33?,39?,41-,42?,43+,46?,48+,49+,50+,51-,52-,53?,54+/m0/s1. The van der Waals surface area contributed by atoms with Crippen LogP contribution < -0.4 is 4.74 Å². The third-order valence-electron chi connectivity index (χ3n) is 22.2. The molecule has 11 aliphatic rings. The lowest BCUT2D eigenvalue weighted by molar-refractivity contribution is -0.280. The van der Waals surface area contributed by atoms with E-state index in [-0.39, 0.29) is 53.4 Å². The first-order chi connectivity index (χ1) is 31.0. The smallest absolute Gasteiger partial charge is 0.240 e. The summed E-state index contributed by atoms with van der Waals surface area (Å²) in [6, 6.07) is 2.27. The Labute approximate surface area is 388 Å². The summed E-state index contributed by atoms with van der Waals surface area (Å²) in [6.07, 6.45) is 6.56. The van der Waals surface area contributed by atoms with Crippen molar-refractivity contribution in [3.63, 3.8) is 0 Å². The third-order valence-corrected chi connectivity index (χ3v) is 22.2. The average molecular weight is 909 g/mol. The van der Waals surface area contributed by atoms with Crippen LogP contribution in [-0.4, -0.2) is 100 Å². The van der Waals surface area contributed by atoms with E-state index in [0.717, 1.165) is 96.6 Å². The number of aromatic nitrogens is 2. The van der Waals surface area contributed by atoms with Crippen molar-refractivity contribution in [3.8, 4) is 5.75 Å². The molecule has 6 N–H and O–H groups in total. The molecule has 12 heteroatoms. The quantitative estimate of drug-likeness (QED) is 0.195. The van der Waals surface area contributed by atoms with Gasteiger partial charge in [0.15, 0.2) is 0 Å². The lowest BCUT2D eigenvalue weighted by Gasteiger charge is -2.61. The van der Waals surface area contributed by atoms with Crippen molar-refractivity contribution in [2.45, 2.75) is 203 Å². The second kappa shape index (κ2) is 13.1. The highest BCUT2D eigenvalue weighted by Gasteiger charge is 2.79. The Hall–Kier alpha value is -2.52. The molecule has 11 unspecified atom stereocenters. The number of aliphatic hydroxyl groups excluding tert-OH is 5. The number of ether oxygens (including phenoxy) is 4. The van der Waals surface area contributed by atoms with Crippen LogP contribution >= 0.6 is 0 Å². The van der Waals surface area contributed by atoms with Crippen molar-refractivity contribution in [2.75, 3.05) is 6.61 Å². The molecule has 1 aromatic carbocycles. The Morgan fingerprint density at radius 3 is 2.15 bits per heavy atom. The third kappa shape index (κ3) is 4.89. The van der Waals surface area contributed by atoms with Gasteiger partial charge in [0, 0.05) is 47.0 Å². The molecule has 2 aromatic rings. The largest absolute Gasteiger partial charge is 0.459 e. The second-order valence-electron chi connectivity index (χ2n) is 25.4. The minimum Gasteiger partial charge on any atom is -0.459 e. The number of fused-ring (bicyclic) bond motifs is 13. The molecule has 66 heavy (non-hydrogen) atoms. The molecule has 5 fully saturated rings. The molecule has 4 aliphatic heterocycles. The molecule has 0 amide bonds. The molecular formula is C54H72N2O10. The summed E-state index contributed by atoms with van der Waals surface area (Å²) < 4.78 is 26.8. The zero-order chi connectivity index (χ0) is 46.4. The number of rotatable bonds is 1. The summed E-state index contributed by atoms with van der Waals surface area (Å²) in [4.78, 5) is 11.2. The minimum absolute atomic E-state index is 0.0369. The molecule has 12 nitrogen and oxygen atoms in total. The molecule has 5 heterocycles. The Morgan fingerprint density at radius 2 is 1.47 bits per heavy atom. The first-order valence-electron chi connectivity index (χ1n) is 25.6. The van der Waals surface area contributed by atoms with Gasteiger partial charge in [0.25, 0.3) is 0 Å². The fourth-order valence-electron chi connectivity index (χ4n) is 17.9.